The van der Waals surface area contributed by atoms with Gasteiger partial charge in [0.15, 0.2) is 0 Å². The molecular formula is C16H18BrNO2. The molecule has 2 rings (SSSR count). The molecule has 20 heavy (non-hydrogen) atoms. The lowest BCUT2D eigenvalue weighted by Crippen LogP contribution is -2.02. The number of benzene rings is 2. The van der Waals surface area contributed by atoms with E-state index in [0.717, 1.165) is 26.9 Å². The Bertz CT molecular complexity index is 572. The average molecular weight is 336 g/mol. The van der Waals surface area contributed by atoms with Crippen molar-refractivity contribution in [3.63, 3.8) is 0 Å². The molecule has 0 aliphatic carbocycles. The van der Waals surface area contributed by atoms with Gasteiger partial charge in [0, 0.05) is 16.6 Å². The highest BCUT2D eigenvalue weighted by molar-refractivity contribution is 9.10. The van der Waals surface area contributed by atoms with Crippen LogP contribution in [-0.2, 0) is 24.5 Å². The highest BCUT2D eigenvalue weighted by atomic mass is 79.9. The lowest BCUT2D eigenvalue weighted by atomic mass is 10.1. The summed E-state index contributed by atoms with van der Waals surface area (Å²) in [5, 5.41) is 0. The average Bonchev–Trinajstić information content (AvgIpc) is 2.47. The molecule has 2 aromatic carbocycles. The summed E-state index contributed by atoms with van der Waals surface area (Å²) in [6.45, 7) is 1.61. The first-order valence-corrected chi connectivity index (χ1v) is 7.20. The quantitative estimate of drug-likeness (QED) is 0.876. The summed E-state index contributed by atoms with van der Waals surface area (Å²) >= 11 is 3.45. The summed E-state index contributed by atoms with van der Waals surface area (Å²) in [6, 6.07) is 14.1. The first-order chi connectivity index (χ1) is 9.72. The van der Waals surface area contributed by atoms with Crippen LogP contribution >= 0.6 is 15.9 Å². The Kier molecular flexibility index (Phi) is 5.59. The molecule has 2 N–H and O–H groups in total. The number of rotatable bonds is 6. The predicted molar refractivity (Wildman–Crippen MR) is 83.5 cm³/mol. The zero-order chi connectivity index (χ0) is 14.4. The second-order valence-electron chi connectivity index (χ2n) is 4.47. The summed E-state index contributed by atoms with van der Waals surface area (Å²) in [4.78, 5) is 0. The van der Waals surface area contributed by atoms with Crippen LogP contribution in [0.4, 0.5) is 0 Å². The van der Waals surface area contributed by atoms with E-state index in [1.807, 2.05) is 36.4 Å². The van der Waals surface area contributed by atoms with Gasteiger partial charge in [-0.15, -0.1) is 0 Å². The van der Waals surface area contributed by atoms with Crippen molar-refractivity contribution in [2.45, 2.75) is 19.8 Å². The normalized spacial score (nSPS) is 10.6. The van der Waals surface area contributed by atoms with Gasteiger partial charge in [-0.05, 0) is 35.4 Å². The largest absolute Gasteiger partial charge is 0.496 e. The van der Waals surface area contributed by atoms with Gasteiger partial charge in [-0.3, -0.25) is 0 Å². The molecule has 0 fully saturated rings. The monoisotopic (exact) mass is 335 g/mol. The number of nitrogens with two attached hydrogens (primary N) is 1. The number of halogens is 1. The standard InChI is InChI=1S/C16H18BrNO2/c1-19-16-6-5-13(7-14(16)9-18)11-20-10-12-3-2-4-15(17)8-12/h2-8H,9-11,18H2,1H3. The Balaban J connectivity index is 1.94. The molecule has 0 saturated heterocycles. The number of hydrogen-bond donors (Lipinski definition) is 1. The van der Waals surface area contributed by atoms with Crippen molar-refractivity contribution in [1.29, 1.82) is 0 Å². The molecule has 0 aliphatic rings. The van der Waals surface area contributed by atoms with Gasteiger partial charge < -0.3 is 15.2 Å². The first kappa shape index (κ1) is 15.0. The Morgan fingerprint density at radius 1 is 1.05 bits per heavy atom. The van der Waals surface area contributed by atoms with Crippen LogP contribution in [0.5, 0.6) is 5.75 Å². The Morgan fingerprint density at radius 2 is 1.80 bits per heavy atom. The molecule has 0 radical (unpaired) electrons. The van der Waals surface area contributed by atoms with Crippen LogP contribution in [0.25, 0.3) is 0 Å². The highest BCUT2D eigenvalue weighted by Crippen LogP contribution is 2.20. The minimum absolute atomic E-state index is 0.461. The SMILES string of the molecule is COc1ccc(COCc2cccc(Br)c2)cc1CN. The van der Waals surface area contributed by atoms with Crippen LogP contribution in [0, 0.1) is 0 Å². The Labute approximate surface area is 127 Å². The summed E-state index contributed by atoms with van der Waals surface area (Å²) in [5.41, 5.74) is 8.95. The molecule has 0 bridgehead atoms. The highest BCUT2D eigenvalue weighted by Gasteiger charge is 2.03. The molecule has 0 atom stereocenters. The van der Waals surface area contributed by atoms with E-state index < -0.39 is 0 Å². The van der Waals surface area contributed by atoms with E-state index in [0.29, 0.717) is 19.8 Å². The van der Waals surface area contributed by atoms with Crippen molar-refractivity contribution >= 4 is 15.9 Å². The number of ether oxygens (including phenoxy) is 2. The van der Waals surface area contributed by atoms with Crippen LogP contribution < -0.4 is 10.5 Å². The molecule has 0 amide bonds. The fourth-order valence-corrected chi connectivity index (χ4v) is 2.44. The molecule has 0 saturated carbocycles. The third-order valence-electron chi connectivity index (χ3n) is 2.99. The van der Waals surface area contributed by atoms with Crippen LogP contribution in [0.2, 0.25) is 0 Å². The van der Waals surface area contributed by atoms with Gasteiger partial charge in [0.2, 0.25) is 0 Å². The van der Waals surface area contributed by atoms with Crippen molar-refractivity contribution in [1.82, 2.24) is 0 Å². The van der Waals surface area contributed by atoms with Crippen molar-refractivity contribution < 1.29 is 9.47 Å². The van der Waals surface area contributed by atoms with Crippen molar-refractivity contribution in [3.05, 3.63) is 63.6 Å². The topological polar surface area (TPSA) is 44.5 Å². The lowest BCUT2D eigenvalue weighted by molar-refractivity contribution is 0.107. The smallest absolute Gasteiger partial charge is 0.123 e. The van der Waals surface area contributed by atoms with Gasteiger partial charge in [-0.2, -0.15) is 0 Å². The van der Waals surface area contributed by atoms with Crippen LogP contribution in [0.1, 0.15) is 16.7 Å². The minimum atomic E-state index is 0.461. The number of hydrogen-bond acceptors (Lipinski definition) is 3. The molecular weight excluding hydrogens is 318 g/mol. The van der Waals surface area contributed by atoms with Gasteiger partial charge in [-0.1, -0.05) is 34.1 Å². The maximum absolute atomic E-state index is 5.73. The van der Waals surface area contributed by atoms with Gasteiger partial charge >= 0.3 is 0 Å². The van der Waals surface area contributed by atoms with Crippen LogP contribution in [0.15, 0.2) is 46.9 Å². The lowest BCUT2D eigenvalue weighted by Gasteiger charge is -2.10. The predicted octanol–water partition coefficient (Wildman–Crippen LogP) is 3.63. The summed E-state index contributed by atoms with van der Waals surface area (Å²) in [6.07, 6.45) is 0. The fourth-order valence-electron chi connectivity index (χ4n) is 1.99. The maximum atomic E-state index is 5.73. The van der Waals surface area contributed by atoms with Gasteiger partial charge in [0.25, 0.3) is 0 Å². The van der Waals surface area contributed by atoms with E-state index in [1.54, 1.807) is 7.11 Å². The van der Waals surface area contributed by atoms with Gasteiger partial charge in [0.1, 0.15) is 5.75 Å². The fraction of sp³-hybridized carbons (Fsp3) is 0.250. The molecule has 3 nitrogen and oxygen atoms in total. The molecule has 0 aromatic heterocycles. The molecule has 0 heterocycles. The molecule has 0 spiro atoms. The second-order valence-corrected chi connectivity index (χ2v) is 5.39. The third-order valence-corrected chi connectivity index (χ3v) is 3.48. The molecule has 106 valence electrons. The minimum Gasteiger partial charge on any atom is -0.496 e. The van der Waals surface area contributed by atoms with Crippen molar-refractivity contribution in [3.8, 4) is 5.75 Å². The van der Waals surface area contributed by atoms with E-state index in [1.165, 1.54) is 0 Å². The molecule has 0 unspecified atom stereocenters. The summed E-state index contributed by atoms with van der Waals surface area (Å²) < 4.78 is 12.0. The van der Waals surface area contributed by atoms with E-state index in [-0.39, 0.29) is 0 Å². The number of methoxy groups -OCH3 is 1. The summed E-state index contributed by atoms with van der Waals surface area (Å²) in [7, 11) is 1.65. The second kappa shape index (κ2) is 7.43. The van der Waals surface area contributed by atoms with E-state index in [9.17, 15) is 0 Å². The molecule has 0 aliphatic heterocycles. The zero-order valence-electron chi connectivity index (χ0n) is 11.4. The zero-order valence-corrected chi connectivity index (χ0v) is 13.0. The maximum Gasteiger partial charge on any atom is 0.123 e. The van der Waals surface area contributed by atoms with E-state index in [2.05, 4.69) is 22.0 Å². The third kappa shape index (κ3) is 4.07. The van der Waals surface area contributed by atoms with Crippen LogP contribution in [0.3, 0.4) is 0 Å². The molecule has 4 heteroatoms. The van der Waals surface area contributed by atoms with Crippen molar-refractivity contribution in [2.75, 3.05) is 7.11 Å². The van der Waals surface area contributed by atoms with Gasteiger partial charge in [-0.25, -0.2) is 0 Å². The van der Waals surface area contributed by atoms with E-state index >= 15 is 0 Å². The Hall–Kier alpha value is -1.36. The summed E-state index contributed by atoms with van der Waals surface area (Å²) in [5.74, 6) is 0.822. The first-order valence-electron chi connectivity index (χ1n) is 6.41. The van der Waals surface area contributed by atoms with Crippen molar-refractivity contribution in [2.24, 2.45) is 5.73 Å². The Morgan fingerprint density at radius 3 is 2.45 bits per heavy atom. The molecule has 2 aromatic rings. The van der Waals surface area contributed by atoms with Gasteiger partial charge in [0.05, 0.1) is 20.3 Å². The van der Waals surface area contributed by atoms with E-state index in [4.69, 9.17) is 15.2 Å². The van der Waals surface area contributed by atoms with Crippen LogP contribution in [-0.4, -0.2) is 7.11 Å².